The molecular formula is C25H24F3N5O2. The molecule has 0 unspecified atom stereocenters. The number of halogens is 3. The Labute approximate surface area is 200 Å². The molecule has 3 aromatic rings. The van der Waals surface area contributed by atoms with Gasteiger partial charge in [0, 0.05) is 49.1 Å². The molecule has 7 nitrogen and oxygen atoms in total. The van der Waals surface area contributed by atoms with Crippen LogP contribution in [0.2, 0.25) is 0 Å². The van der Waals surface area contributed by atoms with Crippen LogP contribution in [0.15, 0.2) is 43.0 Å². The van der Waals surface area contributed by atoms with Crippen molar-refractivity contribution in [3.05, 3.63) is 60.1 Å². The third-order valence-corrected chi connectivity index (χ3v) is 6.55. The minimum absolute atomic E-state index is 0.0353. The molecule has 10 heteroatoms. The maximum Gasteiger partial charge on any atom is 0.316 e. The summed E-state index contributed by atoms with van der Waals surface area (Å²) in [7, 11) is 0. The van der Waals surface area contributed by atoms with E-state index >= 15 is 0 Å². The molecule has 0 radical (unpaired) electrons. The Morgan fingerprint density at radius 2 is 1.74 bits per heavy atom. The highest BCUT2D eigenvalue weighted by atomic mass is 19.3. The lowest BCUT2D eigenvalue weighted by atomic mass is 9.83. The molecular weight excluding hydrogens is 459 g/mol. The van der Waals surface area contributed by atoms with Crippen LogP contribution >= 0.6 is 0 Å². The predicted octanol–water partition coefficient (Wildman–Crippen LogP) is 5.55. The van der Waals surface area contributed by atoms with Gasteiger partial charge in [-0.25, -0.2) is 23.1 Å². The average Bonchev–Trinajstić information content (AvgIpc) is 2.82. The Bertz CT molecular complexity index is 1210. The molecule has 3 aromatic heterocycles. The van der Waals surface area contributed by atoms with Gasteiger partial charge in [0.05, 0.1) is 16.9 Å². The third kappa shape index (κ3) is 5.11. The zero-order valence-electron chi connectivity index (χ0n) is 18.9. The summed E-state index contributed by atoms with van der Waals surface area (Å²) in [6.07, 6.45) is 8.62. The number of aromatic nitrogens is 4. The molecule has 3 heterocycles. The number of nitrogens with one attached hydrogen (secondary N) is 1. The number of hydrogen-bond donors (Lipinski definition) is 1. The number of hydrogen-bond acceptors (Lipinski definition) is 6. The molecule has 2 aliphatic rings. The van der Waals surface area contributed by atoms with Crippen molar-refractivity contribution in [2.75, 3.05) is 5.32 Å². The zero-order chi connectivity index (χ0) is 24.4. The first-order chi connectivity index (χ1) is 16.9. The van der Waals surface area contributed by atoms with Crippen LogP contribution in [0.1, 0.15) is 66.9 Å². The van der Waals surface area contributed by atoms with Crippen molar-refractivity contribution in [3.63, 3.8) is 0 Å². The molecule has 5 rings (SSSR count). The van der Waals surface area contributed by atoms with Crippen molar-refractivity contribution in [3.8, 4) is 17.3 Å². The minimum Gasteiger partial charge on any atom is -0.460 e. The van der Waals surface area contributed by atoms with Crippen molar-refractivity contribution in [2.45, 2.75) is 62.9 Å². The van der Waals surface area contributed by atoms with Gasteiger partial charge in [-0.15, -0.1) is 0 Å². The van der Waals surface area contributed by atoms with Gasteiger partial charge in [0.1, 0.15) is 17.6 Å². The topological polar surface area (TPSA) is 89.9 Å². The molecule has 2 saturated carbocycles. The first-order valence-electron chi connectivity index (χ1n) is 11.7. The van der Waals surface area contributed by atoms with E-state index in [1.165, 1.54) is 36.9 Å². The molecule has 0 saturated heterocycles. The second-order valence-electron chi connectivity index (χ2n) is 8.96. The van der Waals surface area contributed by atoms with E-state index in [1.54, 1.807) is 6.07 Å². The fraction of sp³-hybridized carbons (Fsp3) is 0.400. The Kier molecular flexibility index (Phi) is 6.36. The molecule has 2 fully saturated rings. The summed E-state index contributed by atoms with van der Waals surface area (Å²) in [4.78, 5) is 29.9. The van der Waals surface area contributed by atoms with Gasteiger partial charge in [0.25, 0.3) is 5.91 Å². The molecule has 0 aromatic carbocycles. The minimum atomic E-state index is -2.72. The van der Waals surface area contributed by atoms with Crippen molar-refractivity contribution in [1.29, 1.82) is 0 Å². The molecule has 0 spiro atoms. The summed E-state index contributed by atoms with van der Waals surface area (Å²) in [6.45, 7) is 0. The van der Waals surface area contributed by atoms with E-state index in [1.807, 2.05) is 0 Å². The number of carbonyl (C=O) groups is 1. The summed E-state index contributed by atoms with van der Waals surface area (Å²) in [5.74, 6) is -4.14. The number of anilines is 1. The van der Waals surface area contributed by atoms with Crippen LogP contribution in [0, 0.1) is 5.82 Å². The highest BCUT2D eigenvalue weighted by Crippen LogP contribution is 2.44. The van der Waals surface area contributed by atoms with Crippen molar-refractivity contribution in [1.82, 2.24) is 19.9 Å². The Hall–Kier alpha value is -3.56. The molecule has 182 valence electrons. The van der Waals surface area contributed by atoms with Crippen molar-refractivity contribution in [2.24, 2.45) is 0 Å². The van der Waals surface area contributed by atoms with Crippen LogP contribution in [0.25, 0.3) is 11.3 Å². The van der Waals surface area contributed by atoms with Crippen LogP contribution in [-0.4, -0.2) is 37.9 Å². The molecule has 1 amide bonds. The summed E-state index contributed by atoms with van der Waals surface area (Å²) < 4.78 is 47.9. The van der Waals surface area contributed by atoms with E-state index in [-0.39, 0.29) is 60.7 Å². The second-order valence-corrected chi connectivity index (χ2v) is 8.96. The smallest absolute Gasteiger partial charge is 0.316 e. The fourth-order valence-electron chi connectivity index (χ4n) is 4.33. The number of rotatable bonds is 6. The SMILES string of the molecule is O=C(Nc1c(-c2ncccc2F)ccnc1C1CCC(F)(F)CC1)c1cnc(OC2CCC2)nc1. The Balaban J connectivity index is 1.46. The summed E-state index contributed by atoms with van der Waals surface area (Å²) in [5, 5.41) is 2.81. The van der Waals surface area contributed by atoms with E-state index in [0.717, 1.165) is 19.3 Å². The van der Waals surface area contributed by atoms with Gasteiger partial charge >= 0.3 is 6.01 Å². The standard InChI is InChI=1S/C25H24F3N5O2/c26-19-5-2-11-29-21(19)18-8-12-30-20(15-6-9-25(27,28)10-7-15)22(18)33-23(34)16-13-31-24(32-14-16)35-17-3-1-4-17/h2,5,8,11-15,17H,1,3-4,6-7,9-10H2,(H,33,34). The van der Waals surface area contributed by atoms with Crippen molar-refractivity contribution >= 4 is 11.6 Å². The molecule has 0 atom stereocenters. The lowest BCUT2D eigenvalue weighted by molar-refractivity contribution is -0.0384. The molecule has 1 N–H and O–H groups in total. The zero-order valence-corrected chi connectivity index (χ0v) is 18.9. The van der Waals surface area contributed by atoms with E-state index in [2.05, 4.69) is 25.3 Å². The van der Waals surface area contributed by atoms with Crippen LogP contribution in [0.3, 0.4) is 0 Å². The monoisotopic (exact) mass is 483 g/mol. The van der Waals surface area contributed by atoms with Gasteiger partial charge in [0.2, 0.25) is 5.92 Å². The lowest BCUT2D eigenvalue weighted by Gasteiger charge is -2.29. The van der Waals surface area contributed by atoms with E-state index in [9.17, 15) is 18.0 Å². The average molecular weight is 483 g/mol. The second kappa shape index (κ2) is 9.59. The number of ether oxygens (including phenoxy) is 1. The van der Waals surface area contributed by atoms with E-state index in [0.29, 0.717) is 11.3 Å². The maximum atomic E-state index is 14.6. The van der Waals surface area contributed by atoms with Crippen LogP contribution in [0.5, 0.6) is 6.01 Å². The van der Waals surface area contributed by atoms with Gasteiger partial charge in [-0.1, -0.05) is 0 Å². The summed E-state index contributed by atoms with van der Waals surface area (Å²) in [6, 6.07) is 4.48. The molecule has 0 bridgehead atoms. The largest absolute Gasteiger partial charge is 0.460 e. The summed E-state index contributed by atoms with van der Waals surface area (Å²) in [5.41, 5.74) is 1.21. The Morgan fingerprint density at radius 3 is 2.40 bits per heavy atom. The number of carbonyl (C=O) groups excluding carboxylic acids is 1. The first kappa shape index (κ1) is 23.2. The molecule has 35 heavy (non-hydrogen) atoms. The maximum absolute atomic E-state index is 14.6. The summed E-state index contributed by atoms with van der Waals surface area (Å²) >= 11 is 0. The number of pyridine rings is 2. The molecule has 0 aliphatic heterocycles. The number of alkyl halides is 2. The predicted molar refractivity (Wildman–Crippen MR) is 122 cm³/mol. The quantitative estimate of drug-likeness (QED) is 0.495. The van der Waals surface area contributed by atoms with Crippen LogP contribution < -0.4 is 10.1 Å². The van der Waals surface area contributed by atoms with E-state index in [4.69, 9.17) is 4.74 Å². The van der Waals surface area contributed by atoms with Gasteiger partial charge in [0.15, 0.2) is 0 Å². The van der Waals surface area contributed by atoms with Crippen LogP contribution in [-0.2, 0) is 0 Å². The fourth-order valence-corrected chi connectivity index (χ4v) is 4.33. The Morgan fingerprint density at radius 1 is 1.00 bits per heavy atom. The van der Waals surface area contributed by atoms with Gasteiger partial charge in [-0.2, -0.15) is 0 Å². The number of amides is 1. The third-order valence-electron chi connectivity index (χ3n) is 6.55. The van der Waals surface area contributed by atoms with Gasteiger partial charge in [-0.05, 0) is 50.3 Å². The van der Waals surface area contributed by atoms with E-state index < -0.39 is 17.6 Å². The normalized spacial score (nSPS) is 18.0. The van der Waals surface area contributed by atoms with Gasteiger partial charge < -0.3 is 10.1 Å². The number of nitrogens with zero attached hydrogens (tertiary/aromatic N) is 4. The molecule has 2 aliphatic carbocycles. The highest BCUT2D eigenvalue weighted by Gasteiger charge is 2.37. The van der Waals surface area contributed by atoms with Crippen LogP contribution in [0.4, 0.5) is 18.9 Å². The lowest BCUT2D eigenvalue weighted by Crippen LogP contribution is -2.26. The van der Waals surface area contributed by atoms with Gasteiger partial charge in [-0.3, -0.25) is 14.8 Å². The highest BCUT2D eigenvalue weighted by molar-refractivity contribution is 6.06. The van der Waals surface area contributed by atoms with Crippen molar-refractivity contribution < 1.29 is 22.7 Å². The first-order valence-corrected chi connectivity index (χ1v) is 11.7.